The number of aliphatic hydroxyl groups is 1. The lowest BCUT2D eigenvalue weighted by molar-refractivity contribution is -0.149. The Labute approximate surface area is 277 Å². The zero-order valence-electron chi connectivity index (χ0n) is 27.2. The van der Waals surface area contributed by atoms with E-state index in [1.54, 1.807) is 45.0 Å². The van der Waals surface area contributed by atoms with Crippen LogP contribution in [0.2, 0.25) is 0 Å². The van der Waals surface area contributed by atoms with Gasteiger partial charge in [0.1, 0.15) is 29.8 Å². The van der Waals surface area contributed by atoms with E-state index in [0.29, 0.717) is 28.6 Å². The number of rotatable bonds is 12. The van der Waals surface area contributed by atoms with Gasteiger partial charge in [-0.3, -0.25) is 13.9 Å². The molecule has 1 saturated carbocycles. The monoisotopic (exact) mass is 680 g/mol. The number of fused-ring (bicyclic) bond motifs is 2. The molecule has 0 amide bonds. The molecule has 0 spiro atoms. The van der Waals surface area contributed by atoms with Crippen molar-refractivity contribution in [2.45, 2.75) is 82.8 Å². The Kier molecular flexibility index (Phi) is 9.19. The summed E-state index contributed by atoms with van der Waals surface area (Å²) in [4.78, 5) is 28.2. The van der Waals surface area contributed by atoms with Gasteiger partial charge < -0.3 is 24.0 Å². The molecule has 0 unspecified atom stereocenters. The van der Waals surface area contributed by atoms with Crippen LogP contribution in [0.4, 0.5) is 10.2 Å². The number of carbonyl (C=O) groups excluding carboxylic acids is 1. The molecule has 6 rings (SSSR count). The van der Waals surface area contributed by atoms with Gasteiger partial charge in [-0.2, -0.15) is 5.09 Å². The van der Waals surface area contributed by atoms with Crippen LogP contribution in [-0.2, 0) is 23.4 Å². The molecule has 6 atom stereocenters. The molecule has 1 aliphatic heterocycles. The van der Waals surface area contributed by atoms with Gasteiger partial charge in [0.15, 0.2) is 23.2 Å². The summed E-state index contributed by atoms with van der Waals surface area (Å²) in [5, 5.41) is 15.3. The Morgan fingerprint density at radius 2 is 1.98 bits per heavy atom. The van der Waals surface area contributed by atoms with E-state index in [2.05, 4.69) is 20.0 Å². The Morgan fingerprint density at radius 1 is 1.25 bits per heavy atom. The summed E-state index contributed by atoms with van der Waals surface area (Å²) >= 11 is 0. The minimum absolute atomic E-state index is 0.203. The van der Waals surface area contributed by atoms with E-state index in [4.69, 9.17) is 24.9 Å². The normalized spacial score (nSPS) is 24.4. The summed E-state index contributed by atoms with van der Waals surface area (Å²) in [6.07, 6.45) is 3.70. The third kappa shape index (κ3) is 6.49. The Bertz CT molecular complexity index is 1920. The van der Waals surface area contributed by atoms with E-state index in [1.165, 1.54) is 17.8 Å². The number of aliphatic hydroxyl groups excluding tert-OH is 1. The molecule has 0 radical (unpaired) electrons. The van der Waals surface area contributed by atoms with Crippen molar-refractivity contribution in [1.29, 1.82) is 0 Å². The lowest BCUT2D eigenvalue weighted by atomic mass is 9.97. The number of hydrogen-bond acceptors (Lipinski definition) is 11. The first-order valence-electron chi connectivity index (χ1n) is 15.7. The molecule has 1 saturated heterocycles. The standard InChI is InChI=1S/C33H38FN6O7P/c1-7-33(34)28(41)26(46-32(33)40-18-35-27-29(39(6)23-15-16-23)36-21(5)37-30(27)40)17-44-48(43,38-20(4)31(42)45-19(2)3)47-25-14-10-12-22-11-8-9-13-24(22)25/h1,8-14,18-20,23,26,28,32,41H,15-17H2,2-6H3,(H,38,43)/t20-,26+,28+,32+,33+,48+/m0/s1. The average molecular weight is 681 g/mol. The Morgan fingerprint density at radius 3 is 2.69 bits per heavy atom. The molecule has 2 aliphatic rings. The number of aryl methyl sites for hydroxylation is 1. The van der Waals surface area contributed by atoms with Crippen LogP contribution in [0.3, 0.4) is 0 Å². The van der Waals surface area contributed by atoms with Crippen LogP contribution >= 0.6 is 7.75 Å². The predicted molar refractivity (Wildman–Crippen MR) is 176 cm³/mol. The van der Waals surface area contributed by atoms with Gasteiger partial charge >= 0.3 is 13.7 Å². The largest absolute Gasteiger partial charge is 0.462 e. The van der Waals surface area contributed by atoms with Gasteiger partial charge in [-0.1, -0.05) is 42.3 Å². The van der Waals surface area contributed by atoms with E-state index in [9.17, 15) is 14.5 Å². The van der Waals surface area contributed by atoms with E-state index in [-0.39, 0.29) is 11.4 Å². The lowest BCUT2D eigenvalue weighted by Gasteiger charge is -2.25. The summed E-state index contributed by atoms with van der Waals surface area (Å²) < 4.78 is 55.2. The number of anilines is 1. The molecule has 2 aromatic carbocycles. The zero-order valence-corrected chi connectivity index (χ0v) is 28.1. The lowest BCUT2D eigenvalue weighted by Crippen LogP contribution is -2.42. The highest BCUT2D eigenvalue weighted by atomic mass is 31.2. The molecule has 1 aliphatic carbocycles. The summed E-state index contributed by atoms with van der Waals surface area (Å²) in [5.41, 5.74) is -2.07. The maximum absolute atomic E-state index is 16.6. The van der Waals surface area contributed by atoms with Crippen LogP contribution in [0.15, 0.2) is 48.8 Å². The second-order valence-electron chi connectivity index (χ2n) is 12.3. The summed E-state index contributed by atoms with van der Waals surface area (Å²) in [7, 11) is -2.52. The van der Waals surface area contributed by atoms with Crippen LogP contribution in [0.25, 0.3) is 21.9 Å². The van der Waals surface area contributed by atoms with Gasteiger partial charge in [0.25, 0.3) is 0 Å². The van der Waals surface area contributed by atoms with Gasteiger partial charge in [-0.15, -0.1) is 6.42 Å². The number of nitrogens with one attached hydrogen (secondary N) is 1. The predicted octanol–water partition coefficient (Wildman–Crippen LogP) is 4.62. The minimum Gasteiger partial charge on any atom is -0.462 e. The summed E-state index contributed by atoms with van der Waals surface area (Å²) in [6, 6.07) is 11.6. The van der Waals surface area contributed by atoms with Crippen molar-refractivity contribution in [1.82, 2.24) is 24.6 Å². The molecular formula is C33H38FN6O7P. The molecular weight excluding hydrogens is 642 g/mol. The molecule has 48 heavy (non-hydrogen) atoms. The molecule has 2 aromatic heterocycles. The van der Waals surface area contributed by atoms with Crippen molar-refractivity contribution in [3.63, 3.8) is 0 Å². The van der Waals surface area contributed by atoms with Crippen molar-refractivity contribution in [2.24, 2.45) is 0 Å². The van der Waals surface area contributed by atoms with E-state index in [0.717, 1.165) is 18.2 Å². The fourth-order valence-corrected chi connectivity index (χ4v) is 7.18. The van der Waals surface area contributed by atoms with Gasteiger partial charge in [0.05, 0.1) is 19.0 Å². The van der Waals surface area contributed by atoms with E-state index < -0.39 is 56.6 Å². The minimum atomic E-state index is -4.44. The maximum atomic E-state index is 16.6. The highest BCUT2D eigenvalue weighted by Gasteiger charge is 2.58. The number of esters is 1. The number of halogens is 1. The van der Waals surface area contributed by atoms with Gasteiger partial charge in [0.2, 0.25) is 5.67 Å². The highest BCUT2D eigenvalue weighted by Crippen LogP contribution is 2.49. The van der Waals surface area contributed by atoms with Crippen LogP contribution in [0.5, 0.6) is 5.75 Å². The smallest absolute Gasteiger partial charge is 0.459 e. The summed E-state index contributed by atoms with van der Waals surface area (Å²) in [6.45, 7) is 5.88. The highest BCUT2D eigenvalue weighted by molar-refractivity contribution is 7.52. The molecule has 13 nitrogen and oxygen atoms in total. The first-order chi connectivity index (χ1) is 22.8. The number of nitrogens with zero attached hydrogens (tertiary/aromatic N) is 5. The number of alkyl halides is 1. The van der Waals surface area contributed by atoms with Crippen LogP contribution in [0.1, 0.15) is 45.7 Å². The van der Waals surface area contributed by atoms with Gasteiger partial charge in [-0.05, 0) is 52.0 Å². The molecule has 15 heteroatoms. The third-order valence-electron chi connectivity index (χ3n) is 8.30. The van der Waals surface area contributed by atoms with Crippen molar-refractivity contribution in [3.8, 4) is 18.1 Å². The second-order valence-corrected chi connectivity index (χ2v) is 14.0. The number of hydrogen-bond donors (Lipinski definition) is 2. The second kappa shape index (κ2) is 13.1. The van der Waals surface area contributed by atoms with Gasteiger partial charge in [0, 0.05) is 18.5 Å². The maximum Gasteiger partial charge on any atom is 0.459 e. The molecule has 254 valence electrons. The van der Waals surface area contributed by atoms with Crippen molar-refractivity contribution < 1.29 is 37.4 Å². The quantitative estimate of drug-likeness (QED) is 0.122. The van der Waals surface area contributed by atoms with Crippen LogP contribution in [0, 0.1) is 19.3 Å². The molecule has 0 bridgehead atoms. The van der Waals surface area contributed by atoms with Crippen molar-refractivity contribution in [2.75, 3.05) is 18.6 Å². The van der Waals surface area contributed by atoms with E-state index >= 15 is 4.39 Å². The molecule has 2 N–H and O–H groups in total. The molecule has 3 heterocycles. The van der Waals surface area contributed by atoms with Crippen LogP contribution < -0.4 is 14.5 Å². The van der Waals surface area contributed by atoms with Crippen LogP contribution in [-0.4, -0.2) is 80.3 Å². The fraction of sp³-hybridized carbons (Fsp3) is 0.455. The first kappa shape index (κ1) is 33.8. The van der Waals surface area contributed by atoms with Gasteiger partial charge in [-0.25, -0.2) is 23.9 Å². The van der Waals surface area contributed by atoms with Crippen molar-refractivity contribution >= 4 is 41.5 Å². The fourth-order valence-electron chi connectivity index (χ4n) is 5.66. The van der Waals surface area contributed by atoms with Crippen molar-refractivity contribution in [3.05, 3.63) is 54.6 Å². The number of imidazole rings is 1. The zero-order chi connectivity index (χ0) is 34.4. The number of terminal acetylenes is 1. The Hall–Kier alpha value is -4.12. The number of benzene rings is 2. The number of aromatic nitrogens is 4. The number of carbonyl (C=O) groups is 1. The van der Waals surface area contributed by atoms with E-state index in [1.807, 2.05) is 36.1 Å². The molecule has 4 aromatic rings. The summed E-state index contributed by atoms with van der Waals surface area (Å²) in [5.74, 6) is 2.57. The Balaban J connectivity index is 1.29. The number of ether oxygens (including phenoxy) is 2. The SMILES string of the molecule is C#C[C@@]1(F)[C@H](O)[C@@H](CO[P@](=O)(N[C@@H](C)C(=O)OC(C)C)Oc2cccc3ccccc23)O[C@H]1n1cnc2c(N(C)C3CC3)nc(C)nc21. The first-order valence-corrected chi connectivity index (χ1v) is 17.2. The molecule has 2 fully saturated rings. The average Bonchev–Trinajstić information content (AvgIpc) is 3.78. The topological polar surface area (TPSA) is 150 Å². The third-order valence-corrected chi connectivity index (χ3v) is 9.93.